The summed E-state index contributed by atoms with van der Waals surface area (Å²) < 4.78 is 8.77. The van der Waals surface area contributed by atoms with Gasteiger partial charge in [0.1, 0.15) is 18.5 Å². The molecule has 0 bridgehead atoms. The van der Waals surface area contributed by atoms with Gasteiger partial charge in [-0.25, -0.2) is 4.98 Å². The Balaban J connectivity index is 1.48. The van der Waals surface area contributed by atoms with Gasteiger partial charge >= 0.3 is 0 Å². The zero-order valence-corrected chi connectivity index (χ0v) is 16.9. The van der Waals surface area contributed by atoms with Crippen LogP contribution in [0.5, 0.6) is 5.75 Å². The van der Waals surface area contributed by atoms with Crippen LogP contribution in [0, 0.1) is 13.8 Å². The first-order valence-corrected chi connectivity index (χ1v) is 9.72. The normalized spacial score (nSPS) is 12.6. The third-order valence-corrected chi connectivity index (χ3v) is 5.72. The number of rotatable bonds is 5. The number of aliphatic hydroxyl groups is 1. The highest BCUT2D eigenvalue weighted by Crippen LogP contribution is 2.33. The Hall–Kier alpha value is -2.37. The van der Waals surface area contributed by atoms with E-state index in [4.69, 9.17) is 4.74 Å². The maximum atomic E-state index is 10.5. The smallest absolute Gasteiger partial charge is 0.134 e. The van der Waals surface area contributed by atoms with Crippen molar-refractivity contribution in [2.24, 2.45) is 0 Å². The third-order valence-electron chi connectivity index (χ3n) is 4.90. The molecule has 0 amide bonds. The summed E-state index contributed by atoms with van der Waals surface area (Å²) in [7, 11) is 0. The number of benzene rings is 3. The summed E-state index contributed by atoms with van der Waals surface area (Å²) in [5.74, 6) is 0.731. The van der Waals surface area contributed by atoms with Crippen LogP contribution in [0.4, 0.5) is 0 Å². The van der Waals surface area contributed by atoms with E-state index in [1.54, 1.807) is 6.33 Å². The quantitative estimate of drug-likeness (QED) is 0.489. The summed E-state index contributed by atoms with van der Waals surface area (Å²) in [6, 6.07) is 16.3. The van der Waals surface area contributed by atoms with Gasteiger partial charge in [0, 0.05) is 0 Å². The SMILES string of the molecule is Cc1cc2ncn(C[C@@H](O)COc3ccc4ccccc4c3Br)c2cc1C. The van der Waals surface area contributed by atoms with E-state index in [1.165, 1.54) is 11.1 Å². The second-order valence-corrected chi connectivity index (χ2v) is 7.68. The minimum atomic E-state index is -0.637. The number of imidazole rings is 1. The minimum absolute atomic E-state index is 0.210. The lowest BCUT2D eigenvalue weighted by Gasteiger charge is -2.15. The lowest BCUT2D eigenvalue weighted by molar-refractivity contribution is 0.0931. The molecule has 0 saturated heterocycles. The van der Waals surface area contributed by atoms with E-state index in [1.807, 2.05) is 34.9 Å². The van der Waals surface area contributed by atoms with Gasteiger partial charge in [0.05, 0.1) is 28.4 Å². The number of halogens is 1. The summed E-state index contributed by atoms with van der Waals surface area (Å²) in [5.41, 5.74) is 4.42. The van der Waals surface area contributed by atoms with E-state index < -0.39 is 6.10 Å². The van der Waals surface area contributed by atoms with Crippen LogP contribution < -0.4 is 4.74 Å². The van der Waals surface area contributed by atoms with Crippen LogP contribution >= 0.6 is 15.9 Å². The van der Waals surface area contributed by atoms with Crippen LogP contribution in [0.3, 0.4) is 0 Å². The highest BCUT2D eigenvalue weighted by atomic mass is 79.9. The standard InChI is InChI=1S/C22H21BrN2O2/c1-14-9-19-20(10-15(14)2)25(13-24-19)11-17(26)12-27-21-8-7-16-5-3-4-6-18(16)22(21)23/h3-10,13,17,26H,11-12H2,1-2H3/t17-/m1/s1. The molecule has 5 heteroatoms. The number of hydrogen-bond acceptors (Lipinski definition) is 3. The van der Waals surface area contributed by atoms with Gasteiger partial charge in [0.25, 0.3) is 0 Å². The maximum absolute atomic E-state index is 10.5. The van der Waals surface area contributed by atoms with Gasteiger partial charge in [-0.1, -0.05) is 30.3 Å². The third kappa shape index (κ3) is 3.57. The van der Waals surface area contributed by atoms with Gasteiger partial charge in [0.2, 0.25) is 0 Å². The lowest BCUT2D eigenvalue weighted by Crippen LogP contribution is -2.23. The summed E-state index contributed by atoms with van der Waals surface area (Å²) in [6.07, 6.45) is 1.14. The number of ether oxygens (including phenoxy) is 1. The largest absolute Gasteiger partial charge is 0.490 e. The molecule has 0 aliphatic heterocycles. The monoisotopic (exact) mass is 424 g/mol. The van der Waals surface area contributed by atoms with Crippen molar-refractivity contribution in [2.45, 2.75) is 26.5 Å². The van der Waals surface area contributed by atoms with Gasteiger partial charge in [0.15, 0.2) is 0 Å². The maximum Gasteiger partial charge on any atom is 0.134 e. The fraction of sp³-hybridized carbons (Fsp3) is 0.227. The fourth-order valence-electron chi connectivity index (χ4n) is 3.25. The Bertz CT molecular complexity index is 1120. The van der Waals surface area contributed by atoms with Crippen molar-refractivity contribution >= 4 is 37.7 Å². The molecule has 0 fully saturated rings. The van der Waals surface area contributed by atoms with Gasteiger partial charge in [-0.15, -0.1) is 0 Å². The summed E-state index contributed by atoms with van der Waals surface area (Å²) in [6.45, 7) is 4.81. The van der Waals surface area contributed by atoms with Crippen molar-refractivity contribution in [3.8, 4) is 5.75 Å². The molecule has 1 N–H and O–H groups in total. The molecular formula is C22H21BrN2O2. The number of hydrogen-bond donors (Lipinski definition) is 1. The number of aromatic nitrogens is 2. The van der Waals surface area contributed by atoms with Gasteiger partial charge in [-0.2, -0.15) is 0 Å². The first-order chi connectivity index (χ1) is 13.0. The molecule has 4 aromatic rings. The molecule has 0 aliphatic carbocycles. The van der Waals surface area contributed by atoms with E-state index in [2.05, 4.69) is 53.0 Å². The van der Waals surface area contributed by atoms with Crippen LogP contribution in [0.2, 0.25) is 0 Å². The van der Waals surface area contributed by atoms with Crippen molar-refractivity contribution < 1.29 is 9.84 Å². The minimum Gasteiger partial charge on any atom is -0.490 e. The zero-order chi connectivity index (χ0) is 19.0. The summed E-state index contributed by atoms with van der Waals surface area (Å²) in [4.78, 5) is 4.44. The highest BCUT2D eigenvalue weighted by molar-refractivity contribution is 9.10. The first-order valence-electron chi connectivity index (χ1n) is 8.93. The number of fused-ring (bicyclic) bond motifs is 2. The van der Waals surface area contributed by atoms with Crippen LogP contribution in [-0.2, 0) is 6.54 Å². The average molecular weight is 425 g/mol. The number of aliphatic hydroxyl groups excluding tert-OH is 1. The molecule has 0 spiro atoms. The Morgan fingerprint density at radius 2 is 1.89 bits per heavy atom. The predicted molar refractivity (Wildman–Crippen MR) is 112 cm³/mol. The number of nitrogens with zero attached hydrogens (tertiary/aromatic N) is 2. The summed E-state index contributed by atoms with van der Waals surface area (Å²) >= 11 is 3.62. The fourth-order valence-corrected chi connectivity index (χ4v) is 3.86. The Kier molecular flexibility index (Phi) is 4.89. The Morgan fingerprint density at radius 1 is 1.11 bits per heavy atom. The van der Waals surface area contributed by atoms with Crippen LogP contribution in [0.25, 0.3) is 21.8 Å². The second-order valence-electron chi connectivity index (χ2n) is 6.89. The molecule has 1 aromatic heterocycles. The van der Waals surface area contributed by atoms with E-state index >= 15 is 0 Å². The number of aryl methyl sites for hydroxylation is 2. The van der Waals surface area contributed by atoms with Crippen molar-refractivity contribution in [1.29, 1.82) is 0 Å². The van der Waals surface area contributed by atoms with Crippen molar-refractivity contribution in [3.63, 3.8) is 0 Å². The van der Waals surface area contributed by atoms with Crippen molar-refractivity contribution in [1.82, 2.24) is 9.55 Å². The van der Waals surface area contributed by atoms with E-state index in [0.717, 1.165) is 32.0 Å². The van der Waals surface area contributed by atoms with Crippen LogP contribution in [-0.4, -0.2) is 27.4 Å². The summed E-state index contributed by atoms with van der Waals surface area (Å²) in [5, 5.41) is 12.7. The lowest BCUT2D eigenvalue weighted by atomic mass is 10.1. The Morgan fingerprint density at radius 3 is 2.74 bits per heavy atom. The van der Waals surface area contributed by atoms with Crippen molar-refractivity contribution in [3.05, 3.63) is 70.5 Å². The molecular weight excluding hydrogens is 404 g/mol. The highest BCUT2D eigenvalue weighted by Gasteiger charge is 2.12. The van der Waals surface area contributed by atoms with Crippen LogP contribution in [0.1, 0.15) is 11.1 Å². The predicted octanol–water partition coefficient (Wildman–Crippen LogP) is 5.01. The molecule has 0 unspecified atom stereocenters. The van der Waals surface area contributed by atoms with Crippen molar-refractivity contribution in [2.75, 3.05) is 6.61 Å². The topological polar surface area (TPSA) is 47.3 Å². The molecule has 4 nitrogen and oxygen atoms in total. The van der Waals surface area contributed by atoms with E-state index in [-0.39, 0.29) is 6.61 Å². The van der Waals surface area contributed by atoms with E-state index in [0.29, 0.717) is 6.54 Å². The molecule has 27 heavy (non-hydrogen) atoms. The van der Waals surface area contributed by atoms with E-state index in [9.17, 15) is 5.11 Å². The molecule has 0 saturated carbocycles. The zero-order valence-electron chi connectivity index (χ0n) is 15.3. The molecule has 3 aromatic carbocycles. The average Bonchev–Trinajstić information content (AvgIpc) is 3.03. The molecule has 0 radical (unpaired) electrons. The van der Waals surface area contributed by atoms with Crippen LogP contribution in [0.15, 0.2) is 59.3 Å². The molecule has 1 atom stereocenters. The molecule has 1 heterocycles. The molecule has 0 aliphatic rings. The molecule has 138 valence electrons. The van der Waals surface area contributed by atoms with Gasteiger partial charge < -0.3 is 14.4 Å². The van der Waals surface area contributed by atoms with Gasteiger partial charge in [-0.3, -0.25) is 0 Å². The first kappa shape index (κ1) is 18.0. The van der Waals surface area contributed by atoms with Gasteiger partial charge in [-0.05, 0) is 69.9 Å². The Labute approximate surface area is 166 Å². The molecule has 4 rings (SSSR count). The second kappa shape index (κ2) is 7.33.